The summed E-state index contributed by atoms with van der Waals surface area (Å²) in [4.78, 5) is 37.2. The van der Waals surface area contributed by atoms with Gasteiger partial charge in [-0.05, 0) is 43.5 Å². The quantitative estimate of drug-likeness (QED) is 0.188. The summed E-state index contributed by atoms with van der Waals surface area (Å²) in [6.45, 7) is 1.98. The van der Waals surface area contributed by atoms with Crippen molar-refractivity contribution in [3.63, 3.8) is 0 Å². The number of H-pyrrole nitrogens is 4. The Morgan fingerprint density at radius 1 is 0.811 bits per heavy atom. The molecule has 12 heteroatoms. The normalized spacial score (nSPS) is 11.2. The van der Waals surface area contributed by atoms with E-state index >= 15 is 0 Å². The van der Waals surface area contributed by atoms with Gasteiger partial charge in [-0.2, -0.15) is 5.10 Å². The summed E-state index contributed by atoms with van der Waals surface area (Å²) in [6.07, 6.45) is 1.76. The van der Waals surface area contributed by atoms with Gasteiger partial charge in [0.2, 0.25) is 0 Å². The second-order valence-electron chi connectivity index (χ2n) is 8.48. The average molecular weight is 531 g/mol. The largest absolute Gasteiger partial charge is 0.385 e. The van der Waals surface area contributed by atoms with E-state index in [0.717, 1.165) is 16.8 Å². The van der Waals surface area contributed by atoms with Gasteiger partial charge in [0.05, 0.1) is 28.4 Å². The molecule has 0 aliphatic rings. The lowest BCUT2D eigenvalue weighted by Crippen LogP contribution is -2.28. The molecule has 0 unspecified atom stereocenters. The van der Waals surface area contributed by atoms with Crippen molar-refractivity contribution in [3.05, 3.63) is 113 Å². The maximum Gasteiger partial charge on any atom is 0.257 e. The summed E-state index contributed by atoms with van der Waals surface area (Å²) >= 11 is 10.2. The first-order valence-electron chi connectivity index (χ1n) is 11.2. The van der Waals surface area contributed by atoms with Crippen molar-refractivity contribution in [3.8, 4) is 16.9 Å². The molecule has 8 N–H and O–H groups in total. The monoisotopic (exact) mass is 530 g/mol. The highest BCUT2D eigenvalue weighted by Gasteiger charge is 2.32. The molecule has 0 atom stereocenters. The molecule has 5 rings (SSSR count). The molecule has 10 nitrogen and oxygen atoms in total. The van der Waals surface area contributed by atoms with Crippen LogP contribution in [0.15, 0.2) is 70.4 Å². The number of aromatic amines is 4. The highest BCUT2D eigenvalue weighted by Crippen LogP contribution is 2.38. The number of nitrogens with zero attached hydrogens (tertiary/aromatic N) is 2. The molecule has 37 heavy (non-hydrogen) atoms. The van der Waals surface area contributed by atoms with E-state index in [0.29, 0.717) is 11.3 Å². The molecule has 0 radical (unpaired) electrons. The van der Waals surface area contributed by atoms with Crippen molar-refractivity contribution in [2.24, 2.45) is 0 Å². The highest BCUT2D eigenvalue weighted by molar-refractivity contribution is 7.71. The highest BCUT2D eigenvalue weighted by atomic mass is 32.1. The zero-order valence-corrected chi connectivity index (χ0v) is 21.2. The summed E-state index contributed by atoms with van der Waals surface area (Å²) in [5.41, 5.74) is 15.3. The van der Waals surface area contributed by atoms with E-state index in [9.17, 15) is 9.59 Å². The topological polar surface area (TPSA) is 167 Å². The van der Waals surface area contributed by atoms with Crippen LogP contribution in [0.25, 0.3) is 16.9 Å². The molecule has 0 fully saturated rings. The molecule has 0 aliphatic carbocycles. The summed E-state index contributed by atoms with van der Waals surface area (Å²) in [7, 11) is 0. The minimum atomic E-state index is -1.03. The van der Waals surface area contributed by atoms with Crippen molar-refractivity contribution in [1.82, 2.24) is 29.7 Å². The molecule has 0 saturated carbocycles. The third kappa shape index (κ3) is 4.55. The van der Waals surface area contributed by atoms with Crippen LogP contribution in [0, 0.1) is 16.5 Å². The Labute approximate surface area is 220 Å². The Bertz CT molecular complexity index is 1770. The number of hydrogen-bond acceptors (Lipinski definition) is 7. The van der Waals surface area contributed by atoms with Crippen LogP contribution in [0.3, 0.4) is 0 Å². The molecule has 3 heterocycles. The van der Waals surface area contributed by atoms with Gasteiger partial charge in [-0.25, -0.2) is 4.68 Å². The first-order chi connectivity index (χ1) is 17.7. The van der Waals surface area contributed by atoms with Gasteiger partial charge in [0.1, 0.15) is 11.6 Å². The van der Waals surface area contributed by atoms with E-state index in [1.807, 2.05) is 61.5 Å². The van der Waals surface area contributed by atoms with E-state index in [1.54, 1.807) is 10.9 Å². The number of para-hydroxylation sites is 1. The first-order valence-corrected chi connectivity index (χ1v) is 12.0. The summed E-state index contributed by atoms with van der Waals surface area (Å²) in [5, 5.41) is 4.86. The molecule has 2 aromatic carbocycles. The number of nitrogens with one attached hydrogen (secondary N) is 4. The Balaban J connectivity index is 1.90. The fraction of sp³-hybridized carbons (Fsp3) is 0.0800. The summed E-state index contributed by atoms with van der Waals surface area (Å²) < 4.78 is 1.79. The fourth-order valence-electron chi connectivity index (χ4n) is 4.30. The molecule has 0 bridgehead atoms. The summed E-state index contributed by atoms with van der Waals surface area (Å²) in [6, 6.07) is 17.2. The van der Waals surface area contributed by atoms with E-state index < -0.39 is 17.0 Å². The van der Waals surface area contributed by atoms with Gasteiger partial charge in [-0.1, -0.05) is 48.0 Å². The van der Waals surface area contributed by atoms with Crippen LogP contribution in [-0.2, 0) is 0 Å². The third-order valence-electron chi connectivity index (χ3n) is 6.00. The van der Waals surface area contributed by atoms with Crippen LogP contribution in [0.1, 0.15) is 28.2 Å². The number of anilines is 2. The number of benzene rings is 2. The van der Waals surface area contributed by atoms with Crippen LogP contribution in [0.2, 0.25) is 0 Å². The minimum absolute atomic E-state index is 0.00215. The Morgan fingerprint density at radius 2 is 1.35 bits per heavy atom. The number of rotatable bonds is 5. The van der Waals surface area contributed by atoms with E-state index in [1.165, 1.54) is 0 Å². The van der Waals surface area contributed by atoms with Crippen molar-refractivity contribution in [2.75, 3.05) is 11.5 Å². The van der Waals surface area contributed by atoms with Gasteiger partial charge in [-0.15, -0.1) is 0 Å². The Hall–Kier alpha value is -4.55. The number of nitrogen functional groups attached to an aromatic ring is 2. The van der Waals surface area contributed by atoms with Gasteiger partial charge in [0, 0.05) is 17.3 Å². The van der Waals surface area contributed by atoms with Gasteiger partial charge in [-0.3, -0.25) is 19.6 Å². The maximum absolute atomic E-state index is 13.3. The van der Waals surface area contributed by atoms with Crippen LogP contribution < -0.4 is 22.6 Å². The molecule has 5 aromatic rings. The second kappa shape index (κ2) is 9.48. The molecular formula is C25H22N8O2S2. The molecule has 0 saturated heterocycles. The zero-order chi connectivity index (χ0) is 26.3. The van der Waals surface area contributed by atoms with Crippen molar-refractivity contribution in [1.29, 1.82) is 0 Å². The van der Waals surface area contributed by atoms with Crippen LogP contribution in [-0.4, -0.2) is 29.7 Å². The van der Waals surface area contributed by atoms with Crippen molar-refractivity contribution in [2.45, 2.75) is 12.8 Å². The van der Waals surface area contributed by atoms with Gasteiger partial charge in [0.25, 0.3) is 11.1 Å². The number of nitrogens with two attached hydrogens (primary N) is 2. The number of aromatic nitrogens is 6. The van der Waals surface area contributed by atoms with E-state index in [2.05, 4.69) is 19.9 Å². The van der Waals surface area contributed by atoms with Gasteiger partial charge in [0.15, 0.2) is 9.54 Å². The lowest BCUT2D eigenvalue weighted by atomic mass is 9.85. The predicted molar refractivity (Wildman–Crippen MR) is 148 cm³/mol. The van der Waals surface area contributed by atoms with Gasteiger partial charge < -0.3 is 21.4 Å². The summed E-state index contributed by atoms with van der Waals surface area (Å²) in [5.74, 6) is -1.02. The molecule has 186 valence electrons. The minimum Gasteiger partial charge on any atom is -0.385 e. The van der Waals surface area contributed by atoms with E-state index in [-0.39, 0.29) is 32.3 Å². The lowest BCUT2D eigenvalue weighted by molar-refractivity contribution is 0.871. The number of aryl methyl sites for hydroxylation is 1. The Kier molecular flexibility index (Phi) is 6.19. The Morgan fingerprint density at radius 3 is 1.86 bits per heavy atom. The molecular weight excluding hydrogens is 508 g/mol. The molecule has 3 aromatic heterocycles. The van der Waals surface area contributed by atoms with Crippen molar-refractivity contribution >= 4 is 36.1 Å². The molecule has 0 aliphatic heterocycles. The van der Waals surface area contributed by atoms with E-state index in [4.69, 9.17) is 41.0 Å². The SMILES string of the molecule is Cc1ccc(-c2nn(-c3ccccc3)cc2C(c2c(N)[nH]c(=S)[nH]c2=O)c2c(N)[nH]c(=S)[nH]c2=O)cc1. The molecule has 0 spiro atoms. The van der Waals surface area contributed by atoms with Crippen LogP contribution in [0.5, 0.6) is 0 Å². The van der Waals surface area contributed by atoms with Crippen molar-refractivity contribution < 1.29 is 0 Å². The molecule has 0 amide bonds. The first kappa shape index (κ1) is 24.2. The standard InChI is InChI=1S/C25H22N8O2S2/c1-12-7-9-13(10-8-12)19-15(11-33(32-19)14-5-3-2-4-6-14)16(17-20(26)28-24(36)30-22(17)34)18-21(27)29-25(37)31-23(18)35/h2-11,16H,1H3,(H4,26,28,30,34,36)(H4,27,29,31,35,37). The van der Waals surface area contributed by atoms with Crippen LogP contribution >= 0.6 is 24.4 Å². The zero-order valence-electron chi connectivity index (χ0n) is 19.5. The second-order valence-corrected chi connectivity index (χ2v) is 9.30. The average Bonchev–Trinajstić information content (AvgIpc) is 3.28. The maximum atomic E-state index is 13.3. The fourth-order valence-corrected chi connectivity index (χ4v) is 4.71. The number of hydrogen-bond donors (Lipinski definition) is 6. The van der Waals surface area contributed by atoms with Gasteiger partial charge >= 0.3 is 0 Å². The van der Waals surface area contributed by atoms with Crippen LogP contribution in [0.4, 0.5) is 11.6 Å². The predicted octanol–water partition coefficient (Wildman–Crippen LogP) is 3.68. The lowest BCUT2D eigenvalue weighted by Gasteiger charge is -2.19. The smallest absolute Gasteiger partial charge is 0.257 e. The third-order valence-corrected chi connectivity index (χ3v) is 6.40.